The standard InChI is InChI=1S/C56H37F5/c1-36-34-45(30-32-48(36)57)37-22-26-43(27-23-37)54-50(39-14-6-2-7-15-39)52(41-18-10-4-11-19-41)55(53(42-20-12-5-13-21-42)51(54)40-16-8-3-9-17-40)44-28-24-38(25-29-44)46-31-33-49(58)47(35-46)56(59,60)61/h2-35H,1H3. The van der Waals surface area contributed by atoms with Crippen LogP contribution in [0.4, 0.5) is 22.0 Å². The van der Waals surface area contributed by atoms with Crippen molar-refractivity contribution in [1.82, 2.24) is 0 Å². The molecule has 296 valence electrons. The molecular formula is C56H37F5. The average Bonchev–Trinajstić information content (AvgIpc) is 3.30. The van der Waals surface area contributed by atoms with Crippen molar-refractivity contribution >= 4 is 0 Å². The summed E-state index contributed by atoms with van der Waals surface area (Å²) in [5.41, 5.74) is 13.6. The Balaban J connectivity index is 1.41. The summed E-state index contributed by atoms with van der Waals surface area (Å²) in [5.74, 6) is -1.56. The van der Waals surface area contributed by atoms with E-state index < -0.39 is 17.6 Å². The molecule has 0 radical (unpaired) electrons. The van der Waals surface area contributed by atoms with Crippen molar-refractivity contribution in [3.63, 3.8) is 0 Å². The van der Waals surface area contributed by atoms with Gasteiger partial charge in [-0.2, -0.15) is 13.2 Å². The van der Waals surface area contributed by atoms with E-state index in [1.54, 1.807) is 25.1 Å². The molecule has 5 heteroatoms. The van der Waals surface area contributed by atoms with Crippen molar-refractivity contribution in [2.24, 2.45) is 0 Å². The molecule has 0 atom stereocenters. The van der Waals surface area contributed by atoms with Gasteiger partial charge in [0, 0.05) is 0 Å². The zero-order valence-electron chi connectivity index (χ0n) is 33.0. The van der Waals surface area contributed by atoms with Crippen molar-refractivity contribution < 1.29 is 22.0 Å². The fourth-order valence-corrected chi connectivity index (χ4v) is 8.31. The predicted octanol–water partition coefficient (Wildman–Crippen LogP) is 16.6. The summed E-state index contributed by atoms with van der Waals surface area (Å²) in [5, 5.41) is 0. The van der Waals surface area contributed by atoms with Crippen LogP contribution in [0.3, 0.4) is 0 Å². The molecule has 0 bridgehead atoms. The van der Waals surface area contributed by atoms with Crippen molar-refractivity contribution in [1.29, 1.82) is 0 Å². The lowest BCUT2D eigenvalue weighted by atomic mass is 9.74. The van der Waals surface area contributed by atoms with Gasteiger partial charge in [0.1, 0.15) is 11.6 Å². The Morgan fingerprint density at radius 2 is 0.541 bits per heavy atom. The van der Waals surface area contributed by atoms with Crippen molar-refractivity contribution in [2.45, 2.75) is 13.1 Å². The first-order valence-electron chi connectivity index (χ1n) is 20.0. The molecule has 9 aromatic carbocycles. The molecular weight excluding hydrogens is 768 g/mol. The van der Waals surface area contributed by atoms with Gasteiger partial charge in [0.15, 0.2) is 0 Å². The molecule has 0 heterocycles. The summed E-state index contributed by atoms with van der Waals surface area (Å²) in [4.78, 5) is 0. The minimum absolute atomic E-state index is 0.247. The molecule has 0 fully saturated rings. The first kappa shape index (κ1) is 39.1. The van der Waals surface area contributed by atoms with Crippen LogP contribution in [0.2, 0.25) is 0 Å². The normalized spacial score (nSPS) is 11.4. The summed E-state index contributed by atoms with van der Waals surface area (Å²) in [7, 11) is 0. The van der Waals surface area contributed by atoms with Crippen LogP contribution in [-0.2, 0) is 6.18 Å². The van der Waals surface area contributed by atoms with Gasteiger partial charge in [-0.05, 0) is 126 Å². The summed E-state index contributed by atoms with van der Waals surface area (Å²) in [6.07, 6.45) is -4.83. The Kier molecular flexibility index (Phi) is 10.5. The minimum Gasteiger partial charge on any atom is -0.207 e. The Hall–Kier alpha value is -7.37. The molecule has 0 amide bonds. The van der Waals surface area contributed by atoms with Gasteiger partial charge in [-0.3, -0.25) is 0 Å². The zero-order valence-corrected chi connectivity index (χ0v) is 33.0. The highest BCUT2D eigenvalue weighted by molar-refractivity contribution is 6.15. The largest absolute Gasteiger partial charge is 0.419 e. The second-order valence-electron chi connectivity index (χ2n) is 15.0. The molecule has 61 heavy (non-hydrogen) atoms. The highest BCUT2D eigenvalue weighted by Crippen LogP contribution is 2.56. The van der Waals surface area contributed by atoms with Gasteiger partial charge in [-0.1, -0.05) is 182 Å². The van der Waals surface area contributed by atoms with E-state index >= 15 is 0 Å². The Morgan fingerprint density at radius 1 is 0.279 bits per heavy atom. The van der Waals surface area contributed by atoms with Crippen LogP contribution in [0.1, 0.15) is 11.1 Å². The first-order chi connectivity index (χ1) is 29.7. The number of halogens is 5. The van der Waals surface area contributed by atoms with E-state index in [0.717, 1.165) is 90.0 Å². The van der Waals surface area contributed by atoms with Crippen molar-refractivity contribution in [2.75, 3.05) is 0 Å². The van der Waals surface area contributed by atoms with Crippen LogP contribution in [0.15, 0.2) is 206 Å². The van der Waals surface area contributed by atoms with Crippen LogP contribution in [0, 0.1) is 18.6 Å². The van der Waals surface area contributed by atoms with Gasteiger partial charge in [0.25, 0.3) is 0 Å². The number of aryl methyl sites for hydroxylation is 1. The summed E-state index contributed by atoms with van der Waals surface area (Å²) >= 11 is 0. The van der Waals surface area contributed by atoms with Gasteiger partial charge in [0.05, 0.1) is 5.56 Å². The highest BCUT2D eigenvalue weighted by atomic mass is 19.4. The maximum Gasteiger partial charge on any atom is 0.419 e. The highest BCUT2D eigenvalue weighted by Gasteiger charge is 2.34. The quantitative estimate of drug-likeness (QED) is 0.134. The van der Waals surface area contributed by atoms with Crippen LogP contribution in [0.5, 0.6) is 0 Å². The number of hydrogen-bond donors (Lipinski definition) is 0. The molecule has 0 spiro atoms. The van der Waals surface area contributed by atoms with Gasteiger partial charge >= 0.3 is 6.18 Å². The fraction of sp³-hybridized carbons (Fsp3) is 0.0357. The minimum atomic E-state index is -4.83. The van der Waals surface area contributed by atoms with E-state index in [0.29, 0.717) is 11.1 Å². The summed E-state index contributed by atoms with van der Waals surface area (Å²) in [6, 6.07) is 65.4. The van der Waals surface area contributed by atoms with E-state index in [1.807, 2.05) is 91.0 Å². The maximum absolute atomic E-state index is 14.4. The Bertz CT molecular complexity index is 2870. The second-order valence-corrected chi connectivity index (χ2v) is 15.0. The van der Waals surface area contributed by atoms with Crippen LogP contribution < -0.4 is 0 Å². The lowest BCUT2D eigenvalue weighted by Gasteiger charge is -2.29. The molecule has 9 rings (SSSR count). The van der Waals surface area contributed by atoms with Gasteiger partial charge in [-0.25, -0.2) is 8.78 Å². The Morgan fingerprint density at radius 3 is 0.852 bits per heavy atom. The lowest BCUT2D eigenvalue weighted by molar-refractivity contribution is -0.139. The van der Waals surface area contributed by atoms with Crippen LogP contribution in [0.25, 0.3) is 89.0 Å². The third-order valence-corrected chi connectivity index (χ3v) is 11.2. The number of benzene rings is 9. The second kappa shape index (κ2) is 16.4. The van der Waals surface area contributed by atoms with E-state index in [-0.39, 0.29) is 11.4 Å². The number of hydrogen-bond acceptors (Lipinski definition) is 0. The molecule has 9 aromatic rings. The fourth-order valence-electron chi connectivity index (χ4n) is 8.31. The molecule has 0 aromatic heterocycles. The monoisotopic (exact) mass is 804 g/mol. The van der Waals surface area contributed by atoms with Gasteiger partial charge < -0.3 is 0 Å². The molecule has 0 nitrogen and oxygen atoms in total. The predicted molar refractivity (Wildman–Crippen MR) is 240 cm³/mol. The summed E-state index contributed by atoms with van der Waals surface area (Å²) in [6.45, 7) is 1.77. The summed E-state index contributed by atoms with van der Waals surface area (Å²) < 4.78 is 70.2. The maximum atomic E-state index is 14.4. The third kappa shape index (κ3) is 7.67. The van der Waals surface area contributed by atoms with Crippen molar-refractivity contribution in [3.8, 4) is 89.0 Å². The SMILES string of the molecule is Cc1cc(-c2ccc(-c3c(-c4ccccc4)c(-c4ccccc4)c(-c4ccc(-c5ccc(F)c(C(F)(F)F)c5)cc4)c(-c4ccccc4)c3-c3ccccc3)cc2)ccc1F. The zero-order chi connectivity index (χ0) is 42.1. The molecule has 0 saturated heterocycles. The number of rotatable bonds is 8. The third-order valence-electron chi connectivity index (χ3n) is 11.2. The molecule has 0 aliphatic carbocycles. The van der Waals surface area contributed by atoms with Crippen LogP contribution in [-0.4, -0.2) is 0 Å². The van der Waals surface area contributed by atoms with E-state index in [9.17, 15) is 22.0 Å². The smallest absolute Gasteiger partial charge is 0.207 e. The average molecular weight is 805 g/mol. The lowest BCUT2D eigenvalue weighted by Crippen LogP contribution is -2.08. The van der Waals surface area contributed by atoms with E-state index in [2.05, 4.69) is 72.8 Å². The van der Waals surface area contributed by atoms with Crippen molar-refractivity contribution in [3.05, 3.63) is 229 Å². The molecule has 0 N–H and O–H groups in total. The van der Waals surface area contributed by atoms with Gasteiger partial charge in [0.2, 0.25) is 0 Å². The van der Waals surface area contributed by atoms with Gasteiger partial charge in [-0.15, -0.1) is 0 Å². The van der Waals surface area contributed by atoms with E-state index in [1.165, 1.54) is 12.1 Å². The number of alkyl halides is 3. The Labute approximate surface area is 351 Å². The van der Waals surface area contributed by atoms with Crippen LogP contribution >= 0.6 is 0 Å². The topological polar surface area (TPSA) is 0 Å². The molecule has 0 saturated carbocycles. The molecule has 0 aliphatic rings. The van der Waals surface area contributed by atoms with E-state index in [4.69, 9.17) is 0 Å². The molecule has 0 unspecified atom stereocenters. The first-order valence-corrected chi connectivity index (χ1v) is 20.0. The molecule has 0 aliphatic heterocycles.